The van der Waals surface area contributed by atoms with Crippen molar-refractivity contribution in [3.63, 3.8) is 0 Å². The van der Waals surface area contributed by atoms with E-state index in [9.17, 15) is 9.90 Å². The van der Waals surface area contributed by atoms with Crippen LogP contribution in [0.15, 0.2) is 5.11 Å². The second-order valence-corrected chi connectivity index (χ2v) is 2.71. The number of hydrogen-bond donors (Lipinski definition) is 2. The lowest BCUT2D eigenvalue weighted by atomic mass is 10.1. The van der Waals surface area contributed by atoms with Crippen molar-refractivity contribution >= 4 is 5.97 Å². The highest BCUT2D eigenvalue weighted by molar-refractivity contribution is 5.76. The Kier molecular flexibility index (Phi) is 3.07. The Morgan fingerprint density at radius 3 is 3.00 bits per heavy atom. The van der Waals surface area contributed by atoms with Crippen LogP contribution in [0.2, 0.25) is 0 Å². The van der Waals surface area contributed by atoms with Gasteiger partial charge >= 0.3 is 5.97 Å². The Labute approximate surface area is 73.6 Å². The van der Waals surface area contributed by atoms with Gasteiger partial charge in [0.05, 0.1) is 12.6 Å². The molecule has 0 spiro atoms. The molecule has 0 aromatic carbocycles. The lowest BCUT2D eigenvalue weighted by Gasteiger charge is -2.13. The molecule has 1 aliphatic heterocycles. The maximum absolute atomic E-state index is 10.7. The van der Waals surface area contributed by atoms with E-state index in [1.165, 1.54) is 0 Å². The third-order valence-electron chi connectivity index (χ3n) is 1.76. The minimum Gasteiger partial charge on any atom is -0.458 e. The summed E-state index contributed by atoms with van der Waals surface area (Å²) in [5, 5.41) is 21.3. The highest BCUT2D eigenvalue weighted by Crippen LogP contribution is 2.17. The van der Waals surface area contributed by atoms with Crippen molar-refractivity contribution in [2.75, 3.05) is 6.54 Å². The average Bonchev–Trinajstić information content (AvgIpc) is 2.43. The van der Waals surface area contributed by atoms with E-state index in [0.29, 0.717) is 0 Å². The number of esters is 1. The number of carbonyl (C=O) groups excluding carboxylic acids is 1. The van der Waals surface area contributed by atoms with Crippen LogP contribution >= 0.6 is 0 Å². The maximum atomic E-state index is 10.7. The van der Waals surface area contributed by atoms with Crippen molar-refractivity contribution in [2.24, 2.45) is 5.11 Å². The van der Waals surface area contributed by atoms with Gasteiger partial charge in [0.2, 0.25) is 0 Å². The first-order chi connectivity index (χ1) is 6.15. The summed E-state index contributed by atoms with van der Waals surface area (Å²) in [4.78, 5) is 13.1. The minimum atomic E-state index is -1.18. The molecule has 7 heteroatoms. The van der Waals surface area contributed by atoms with Gasteiger partial charge in [-0.15, -0.1) is 0 Å². The molecule has 0 aromatic rings. The van der Waals surface area contributed by atoms with E-state index in [2.05, 4.69) is 14.8 Å². The molecule has 3 atom stereocenters. The standard InChI is InChI=1S/C6H9N3O4/c7-9-8-2-4(11)5-1-3(10)6(12)13-5/h3-5,10-11H,1-2H2/t3-,4-,5-/m1/s1. The van der Waals surface area contributed by atoms with Crippen molar-refractivity contribution in [1.29, 1.82) is 0 Å². The van der Waals surface area contributed by atoms with Gasteiger partial charge in [0.25, 0.3) is 0 Å². The van der Waals surface area contributed by atoms with Gasteiger partial charge < -0.3 is 14.9 Å². The molecule has 0 bridgehead atoms. The summed E-state index contributed by atoms with van der Waals surface area (Å²) in [7, 11) is 0. The molecular weight excluding hydrogens is 178 g/mol. The number of ether oxygens (including phenoxy) is 1. The van der Waals surface area contributed by atoms with Crippen LogP contribution in [0.25, 0.3) is 10.4 Å². The lowest BCUT2D eigenvalue weighted by molar-refractivity contribution is -0.150. The Morgan fingerprint density at radius 2 is 2.54 bits per heavy atom. The highest BCUT2D eigenvalue weighted by Gasteiger charge is 2.36. The largest absolute Gasteiger partial charge is 0.458 e. The summed E-state index contributed by atoms with van der Waals surface area (Å²) >= 11 is 0. The zero-order chi connectivity index (χ0) is 9.84. The molecule has 0 aliphatic carbocycles. The predicted octanol–water partition coefficient (Wildman–Crippen LogP) is -0.666. The number of cyclic esters (lactones) is 1. The molecule has 0 amide bonds. The van der Waals surface area contributed by atoms with Crippen molar-refractivity contribution in [3.8, 4) is 0 Å². The predicted molar refractivity (Wildman–Crippen MR) is 40.5 cm³/mol. The van der Waals surface area contributed by atoms with Crippen LogP contribution in [0.3, 0.4) is 0 Å². The summed E-state index contributed by atoms with van der Waals surface area (Å²) in [5.41, 5.74) is 7.95. The van der Waals surface area contributed by atoms with E-state index in [1.807, 2.05) is 0 Å². The summed E-state index contributed by atoms with van der Waals surface area (Å²) < 4.78 is 4.61. The van der Waals surface area contributed by atoms with E-state index in [4.69, 9.17) is 10.6 Å². The molecule has 72 valence electrons. The molecule has 7 nitrogen and oxygen atoms in total. The number of nitrogens with zero attached hydrogens (tertiary/aromatic N) is 3. The number of aliphatic hydroxyl groups excluding tert-OH is 2. The lowest BCUT2D eigenvalue weighted by Crippen LogP contribution is -2.28. The van der Waals surface area contributed by atoms with Crippen LogP contribution in [0.4, 0.5) is 0 Å². The third kappa shape index (κ3) is 2.32. The van der Waals surface area contributed by atoms with Crippen molar-refractivity contribution in [2.45, 2.75) is 24.7 Å². The Balaban J connectivity index is 2.45. The Morgan fingerprint density at radius 1 is 1.85 bits per heavy atom. The topological polar surface area (TPSA) is 116 Å². The monoisotopic (exact) mass is 187 g/mol. The molecule has 0 saturated carbocycles. The van der Waals surface area contributed by atoms with Gasteiger partial charge in [0.15, 0.2) is 6.10 Å². The summed E-state index contributed by atoms with van der Waals surface area (Å²) in [5.74, 6) is -0.745. The van der Waals surface area contributed by atoms with Gasteiger partial charge in [-0.1, -0.05) is 5.11 Å². The van der Waals surface area contributed by atoms with Crippen molar-refractivity contribution in [3.05, 3.63) is 10.4 Å². The highest BCUT2D eigenvalue weighted by atomic mass is 16.6. The smallest absolute Gasteiger partial charge is 0.335 e. The fraction of sp³-hybridized carbons (Fsp3) is 0.833. The van der Waals surface area contributed by atoms with Gasteiger partial charge in [-0.25, -0.2) is 4.79 Å². The van der Waals surface area contributed by atoms with E-state index in [-0.39, 0.29) is 13.0 Å². The van der Waals surface area contributed by atoms with Crippen LogP contribution < -0.4 is 0 Å². The van der Waals surface area contributed by atoms with Gasteiger partial charge in [-0.2, -0.15) is 0 Å². The van der Waals surface area contributed by atoms with Crippen LogP contribution in [-0.4, -0.2) is 41.0 Å². The third-order valence-corrected chi connectivity index (χ3v) is 1.76. The Bertz CT molecular complexity index is 250. The molecule has 1 heterocycles. The molecule has 1 aliphatic rings. The Hall–Kier alpha value is -1.30. The fourth-order valence-electron chi connectivity index (χ4n) is 1.07. The number of hydrogen-bond acceptors (Lipinski definition) is 5. The number of carbonyl (C=O) groups is 1. The van der Waals surface area contributed by atoms with Crippen LogP contribution in [-0.2, 0) is 9.53 Å². The summed E-state index contributed by atoms with van der Waals surface area (Å²) in [6, 6.07) is 0. The zero-order valence-corrected chi connectivity index (χ0v) is 6.70. The van der Waals surface area contributed by atoms with Crippen LogP contribution in [0, 0.1) is 0 Å². The number of aliphatic hydroxyl groups is 2. The normalized spacial score (nSPS) is 29.2. The molecule has 0 aromatic heterocycles. The molecule has 13 heavy (non-hydrogen) atoms. The molecular formula is C6H9N3O4. The summed E-state index contributed by atoms with van der Waals surface area (Å²) in [6.07, 6.45) is -2.95. The fourth-order valence-corrected chi connectivity index (χ4v) is 1.07. The van der Waals surface area contributed by atoms with E-state index < -0.39 is 24.3 Å². The molecule has 0 unspecified atom stereocenters. The second kappa shape index (κ2) is 4.08. The van der Waals surface area contributed by atoms with Gasteiger partial charge in [0.1, 0.15) is 6.10 Å². The first-order valence-corrected chi connectivity index (χ1v) is 3.72. The molecule has 1 saturated heterocycles. The second-order valence-electron chi connectivity index (χ2n) is 2.71. The quantitative estimate of drug-likeness (QED) is 0.264. The van der Waals surface area contributed by atoms with E-state index in [1.54, 1.807) is 0 Å². The number of rotatable bonds is 3. The van der Waals surface area contributed by atoms with Gasteiger partial charge in [-0.3, -0.25) is 0 Å². The van der Waals surface area contributed by atoms with Crippen LogP contribution in [0.1, 0.15) is 6.42 Å². The number of azide groups is 1. The SMILES string of the molecule is [N-]=[N+]=NC[C@@H](O)[C@H]1C[C@@H](O)C(=O)O1. The zero-order valence-electron chi connectivity index (χ0n) is 6.70. The minimum absolute atomic E-state index is 0.0426. The molecule has 1 fully saturated rings. The van der Waals surface area contributed by atoms with Gasteiger partial charge in [-0.05, 0) is 5.53 Å². The molecule has 2 N–H and O–H groups in total. The summed E-state index contributed by atoms with van der Waals surface area (Å²) in [6.45, 7) is -0.166. The van der Waals surface area contributed by atoms with Crippen molar-refractivity contribution in [1.82, 2.24) is 0 Å². The van der Waals surface area contributed by atoms with Crippen LogP contribution in [0.5, 0.6) is 0 Å². The van der Waals surface area contributed by atoms with E-state index in [0.717, 1.165) is 0 Å². The van der Waals surface area contributed by atoms with E-state index >= 15 is 0 Å². The molecule has 1 rings (SSSR count). The first kappa shape index (κ1) is 9.79. The maximum Gasteiger partial charge on any atom is 0.335 e. The van der Waals surface area contributed by atoms with Gasteiger partial charge in [0, 0.05) is 11.3 Å². The first-order valence-electron chi connectivity index (χ1n) is 3.72. The average molecular weight is 187 g/mol. The van der Waals surface area contributed by atoms with Crippen molar-refractivity contribution < 1.29 is 19.7 Å². The molecule has 0 radical (unpaired) electrons.